The van der Waals surface area contributed by atoms with Crippen LogP contribution in [0.1, 0.15) is 36.0 Å². The number of pyridine rings is 1. The molecule has 0 aliphatic carbocycles. The first-order valence-corrected chi connectivity index (χ1v) is 7.32. The molecule has 2 aliphatic heterocycles. The van der Waals surface area contributed by atoms with Crippen molar-refractivity contribution >= 4 is 23.3 Å². The quantitative estimate of drug-likeness (QED) is 0.875. The van der Waals surface area contributed by atoms with Crippen LogP contribution in [0.3, 0.4) is 0 Å². The molecule has 2 atom stereocenters. The molecule has 108 valence electrons. The average molecular weight is 296 g/mol. The number of piperidine rings is 1. The average Bonchev–Trinajstić information content (AvgIpc) is 2.71. The van der Waals surface area contributed by atoms with Crippen LogP contribution in [0.4, 0.5) is 5.82 Å². The molecular formula is C14H18ClN3O2. The van der Waals surface area contributed by atoms with Gasteiger partial charge in [0.25, 0.3) is 5.91 Å². The van der Waals surface area contributed by atoms with Gasteiger partial charge in [-0.1, -0.05) is 11.6 Å². The third kappa shape index (κ3) is 2.25. The van der Waals surface area contributed by atoms with Crippen LogP contribution in [-0.4, -0.2) is 46.1 Å². The van der Waals surface area contributed by atoms with E-state index in [-0.39, 0.29) is 24.1 Å². The summed E-state index contributed by atoms with van der Waals surface area (Å²) in [7, 11) is 1.76. The highest BCUT2D eigenvalue weighted by atomic mass is 35.5. The minimum atomic E-state index is -0.280. The minimum Gasteiger partial charge on any atom is -0.393 e. The number of halogens is 1. The normalized spacial score (nSPS) is 28.6. The van der Waals surface area contributed by atoms with Gasteiger partial charge in [-0.2, -0.15) is 0 Å². The number of amides is 1. The van der Waals surface area contributed by atoms with Gasteiger partial charge in [0.15, 0.2) is 0 Å². The lowest BCUT2D eigenvalue weighted by Gasteiger charge is -2.37. The first-order valence-electron chi connectivity index (χ1n) is 6.94. The van der Waals surface area contributed by atoms with E-state index in [1.165, 1.54) is 6.20 Å². The van der Waals surface area contributed by atoms with Crippen molar-refractivity contribution in [1.82, 2.24) is 9.88 Å². The maximum Gasteiger partial charge on any atom is 0.256 e. The molecule has 2 unspecified atom stereocenters. The highest BCUT2D eigenvalue weighted by molar-refractivity contribution is 6.33. The Hall–Kier alpha value is -1.33. The summed E-state index contributed by atoms with van der Waals surface area (Å²) >= 11 is 6.12. The van der Waals surface area contributed by atoms with Gasteiger partial charge in [-0.25, -0.2) is 4.98 Å². The second kappa shape index (κ2) is 5.22. The molecule has 1 aromatic heterocycles. The molecule has 1 amide bonds. The zero-order chi connectivity index (χ0) is 14.3. The fraction of sp³-hybridized carbons (Fsp3) is 0.571. The molecular weight excluding hydrogens is 278 g/mol. The van der Waals surface area contributed by atoms with E-state index < -0.39 is 0 Å². The highest BCUT2D eigenvalue weighted by Gasteiger charge is 2.43. The van der Waals surface area contributed by atoms with Gasteiger partial charge in [0.2, 0.25) is 0 Å². The molecule has 20 heavy (non-hydrogen) atoms. The Bertz CT molecular complexity index is 523. The molecule has 0 aromatic carbocycles. The third-order valence-corrected chi connectivity index (χ3v) is 4.59. The Morgan fingerprint density at radius 2 is 2.10 bits per heavy atom. The molecule has 2 fully saturated rings. The first kappa shape index (κ1) is 13.6. The Morgan fingerprint density at radius 1 is 1.45 bits per heavy atom. The van der Waals surface area contributed by atoms with Crippen LogP contribution in [0, 0.1) is 0 Å². The second-order valence-electron chi connectivity index (χ2n) is 5.52. The first-order chi connectivity index (χ1) is 9.60. The number of hydrogen-bond donors (Lipinski definition) is 2. The maximum atomic E-state index is 12.8. The lowest BCUT2D eigenvalue weighted by atomic mass is 9.99. The van der Waals surface area contributed by atoms with E-state index in [1.807, 2.05) is 4.90 Å². The van der Waals surface area contributed by atoms with Crippen LogP contribution in [0.2, 0.25) is 5.02 Å². The summed E-state index contributed by atoms with van der Waals surface area (Å²) in [6, 6.07) is 1.96. The second-order valence-corrected chi connectivity index (χ2v) is 5.93. The third-order valence-electron chi connectivity index (χ3n) is 4.28. The molecule has 3 rings (SSSR count). The van der Waals surface area contributed by atoms with Gasteiger partial charge in [-0.05, 0) is 31.7 Å². The summed E-state index contributed by atoms with van der Waals surface area (Å²) in [5.41, 5.74) is 0.485. The zero-order valence-electron chi connectivity index (χ0n) is 11.3. The topological polar surface area (TPSA) is 65.5 Å². The minimum absolute atomic E-state index is 0.0479. The van der Waals surface area contributed by atoms with E-state index in [4.69, 9.17) is 11.6 Å². The van der Waals surface area contributed by atoms with E-state index in [0.29, 0.717) is 29.2 Å². The van der Waals surface area contributed by atoms with Crippen molar-refractivity contribution in [2.75, 3.05) is 12.4 Å². The van der Waals surface area contributed by atoms with Gasteiger partial charge in [0, 0.05) is 25.3 Å². The van der Waals surface area contributed by atoms with Crippen LogP contribution < -0.4 is 5.32 Å². The molecule has 0 saturated carbocycles. The Kier molecular flexibility index (Phi) is 3.56. The van der Waals surface area contributed by atoms with Crippen molar-refractivity contribution in [3.63, 3.8) is 0 Å². The molecule has 2 saturated heterocycles. The van der Waals surface area contributed by atoms with Gasteiger partial charge < -0.3 is 15.3 Å². The van der Waals surface area contributed by atoms with Crippen molar-refractivity contribution in [2.24, 2.45) is 0 Å². The largest absolute Gasteiger partial charge is 0.393 e. The number of aliphatic hydroxyl groups is 1. The lowest BCUT2D eigenvalue weighted by molar-refractivity contribution is 0.0287. The van der Waals surface area contributed by atoms with Crippen molar-refractivity contribution in [2.45, 2.75) is 43.9 Å². The number of hydrogen-bond acceptors (Lipinski definition) is 4. The number of aliphatic hydroxyl groups excluding tert-OH is 1. The number of anilines is 1. The number of rotatable bonds is 2. The van der Waals surface area contributed by atoms with E-state index >= 15 is 0 Å². The van der Waals surface area contributed by atoms with Gasteiger partial charge >= 0.3 is 0 Å². The molecule has 6 heteroatoms. The standard InChI is InChI=1S/C14H18ClN3O2/c1-16-13-6-11(12(15)7-17-13)14(20)18-8-2-3-9(18)5-10(19)4-8/h6-10,19H,2-5H2,1H3,(H,16,17). The molecule has 0 spiro atoms. The summed E-state index contributed by atoms with van der Waals surface area (Å²) in [5, 5.41) is 13.1. The highest BCUT2D eigenvalue weighted by Crippen LogP contribution is 2.37. The molecule has 3 heterocycles. The van der Waals surface area contributed by atoms with Crippen LogP contribution in [-0.2, 0) is 0 Å². The smallest absolute Gasteiger partial charge is 0.256 e. The summed E-state index contributed by atoms with van der Waals surface area (Å²) in [6.07, 6.45) is 4.50. The van der Waals surface area contributed by atoms with Crippen LogP contribution in [0.5, 0.6) is 0 Å². The van der Waals surface area contributed by atoms with Crippen LogP contribution in [0.15, 0.2) is 12.3 Å². The SMILES string of the molecule is CNc1cc(C(=O)N2C3CCC2CC(O)C3)c(Cl)cn1. The lowest BCUT2D eigenvalue weighted by Crippen LogP contribution is -2.48. The molecule has 2 bridgehead atoms. The van der Waals surface area contributed by atoms with Gasteiger partial charge in [-0.3, -0.25) is 4.79 Å². The van der Waals surface area contributed by atoms with Crippen LogP contribution >= 0.6 is 11.6 Å². The monoisotopic (exact) mass is 295 g/mol. The predicted octanol–water partition coefficient (Wildman–Crippen LogP) is 1.90. The maximum absolute atomic E-state index is 12.8. The zero-order valence-corrected chi connectivity index (χ0v) is 12.1. The Balaban J connectivity index is 1.90. The molecule has 2 N–H and O–H groups in total. The van der Waals surface area contributed by atoms with E-state index in [9.17, 15) is 9.90 Å². The number of carbonyl (C=O) groups is 1. The summed E-state index contributed by atoms with van der Waals surface area (Å²) in [6.45, 7) is 0. The summed E-state index contributed by atoms with van der Waals surface area (Å²) in [4.78, 5) is 18.8. The number of carbonyl (C=O) groups excluding carboxylic acids is 1. The van der Waals surface area contributed by atoms with Crippen LogP contribution in [0.25, 0.3) is 0 Å². The van der Waals surface area contributed by atoms with Gasteiger partial charge in [0.1, 0.15) is 5.82 Å². The van der Waals surface area contributed by atoms with E-state index in [0.717, 1.165) is 12.8 Å². The molecule has 5 nitrogen and oxygen atoms in total. The van der Waals surface area contributed by atoms with E-state index in [1.54, 1.807) is 13.1 Å². The predicted molar refractivity (Wildman–Crippen MR) is 77.0 cm³/mol. The molecule has 1 aromatic rings. The van der Waals surface area contributed by atoms with Crippen molar-refractivity contribution in [3.8, 4) is 0 Å². The molecule has 2 aliphatic rings. The number of nitrogens with one attached hydrogen (secondary N) is 1. The number of aromatic nitrogens is 1. The van der Waals surface area contributed by atoms with E-state index in [2.05, 4.69) is 10.3 Å². The number of fused-ring (bicyclic) bond motifs is 2. The Labute approximate surface area is 122 Å². The van der Waals surface area contributed by atoms with Gasteiger partial charge in [-0.15, -0.1) is 0 Å². The van der Waals surface area contributed by atoms with Crippen molar-refractivity contribution < 1.29 is 9.90 Å². The van der Waals surface area contributed by atoms with Crippen molar-refractivity contribution in [1.29, 1.82) is 0 Å². The van der Waals surface area contributed by atoms with Crippen molar-refractivity contribution in [3.05, 3.63) is 22.8 Å². The number of nitrogens with zero attached hydrogens (tertiary/aromatic N) is 2. The fourth-order valence-corrected chi connectivity index (χ4v) is 3.54. The fourth-order valence-electron chi connectivity index (χ4n) is 3.36. The van der Waals surface area contributed by atoms with Gasteiger partial charge in [0.05, 0.1) is 16.7 Å². The molecule has 0 radical (unpaired) electrons. The summed E-state index contributed by atoms with van der Waals surface area (Å²) in [5.74, 6) is 0.579. The Morgan fingerprint density at radius 3 is 2.70 bits per heavy atom. The summed E-state index contributed by atoms with van der Waals surface area (Å²) < 4.78 is 0.